The molecule has 1 unspecified atom stereocenters. The van der Waals surface area contributed by atoms with Crippen LogP contribution >= 0.6 is 0 Å². The van der Waals surface area contributed by atoms with E-state index in [1.165, 1.54) is 44.3 Å². The first kappa shape index (κ1) is 13.6. The standard InChI is InChI=1S/C16H26N2/c1-14(17-2)7-5-11-18-12-6-10-15-8-3-4-9-16(15)13-18/h3-4,8-9,14,17H,5-7,10-13H2,1-2H3. The molecule has 1 aliphatic heterocycles. The third kappa shape index (κ3) is 3.82. The SMILES string of the molecule is CNC(C)CCCN1CCCc2ccccc2C1. The van der Waals surface area contributed by atoms with Crippen LogP contribution in [-0.2, 0) is 13.0 Å². The van der Waals surface area contributed by atoms with E-state index < -0.39 is 0 Å². The van der Waals surface area contributed by atoms with Gasteiger partial charge in [0, 0.05) is 12.6 Å². The zero-order chi connectivity index (χ0) is 12.8. The fourth-order valence-corrected chi connectivity index (χ4v) is 2.72. The smallest absolute Gasteiger partial charge is 0.0236 e. The van der Waals surface area contributed by atoms with E-state index in [2.05, 4.69) is 41.4 Å². The predicted molar refractivity (Wildman–Crippen MR) is 77.8 cm³/mol. The van der Waals surface area contributed by atoms with Crippen LogP contribution in [0, 0.1) is 0 Å². The van der Waals surface area contributed by atoms with Crippen molar-refractivity contribution in [2.24, 2.45) is 0 Å². The first-order chi connectivity index (χ1) is 8.79. The lowest BCUT2D eigenvalue weighted by Gasteiger charge is -2.21. The van der Waals surface area contributed by atoms with Crippen molar-refractivity contribution in [3.63, 3.8) is 0 Å². The lowest BCUT2D eigenvalue weighted by atomic mass is 10.0. The molecule has 18 heavy (non-hydrogen) atoms. The molecule has 0 saturated heterocycles. The maximum Gasteiger partial charge on any atom is 0.0236 e. The molecular formula is C16H26N2. The molecule has 0 aliphatic carbocycles. The molecule has 0 fully saturated rings. The number of nitrogens with zero attached hydrogens (tertiary/aromatic N) is 1. The number of rotatable bonds is 5. The van der Waals surface area contributed by atoms with E-state index in [4.69, 9.17) is 0 Å². The van der Waals surface area contributed by atoms with Crippen molar-refractivity contribution in [1.29, 1.82) is 0 Å². The highest BCUT2D eigenvalue weighted by Crippen LogP contribution is 2.18. The Morgan fingerprint density at radius 2 is 2.06 bits per heavy atom. The van der Waals surface area contributed by atoms with E-state index in [1.54, 1.807) is 5.56 Å². The summed E-state index contributed by atoms with van der Waals surface area (Å²) in [7, 11) is 2.05. The van der Waals surface area contributed by atoms with E-state index in [0.29, 0.717) is 6.04 Å². The molecule has 1 heterocycles. The Kier molecular flexibility index (Phi) is 5.21. The molecule has 0 amide bonds. The third-order valence-electron chi connectivity index (χ3n) is 4.04. The number of hydrogen-bond acceptors (Lipinski definition) is 2. The minimum Gasteiger partial charge on any atom is -0.317 e. The van der Waals surface area contributed by atoms with Crippen molar-refractivity contribution in [1.82, 2.24) is 10.2 Å². The Labute approximate surface area is 111 Å². The fourth-order valence-electron chi connectivity index (χ4n) is 2.72. The molecule has 1 aromatic carbocycles. The number of aryl methyl sites for hydroxylation is 1. The van der Waals surface area contributed by atoms with E-state index in [-0.39, 0.29) is 0 Å². The highest BCUT2D eigenvalue weighted by atomic mass is 15.1. The van der Waals surface area contributed by atoms with Crippen molar-refractivity contribution in [3.8, 4) is 0 Å². The van der Waals surface area contributed by atoms with Crippen LogP contribution in [0.5, 0.6) is 0 Å². The number of fused-ring (bicyclic) bond motifs is 1. The van der Waals surface area contributed by atoms with Crippen LogP contribution in [0.25, 0.3) is 0 Å². The van der Waals surface area contributed by atoms with Crippen molar-refractivity contribution in [2.45, 2.75) is 45.2 Å². The Bertz CT molecular complexity index is 362. The molecule has 0 spiro atoms. The average molecular weight is 246 g/mol. The first-order valence-corrected chi connectivity index (χ1v) is 7.26. The molecule has 1 aliphatic rings. The summed E-state index contributed by atoms with van der Waals surface area (Å²) in [6.07, 6.45) is 5.12. The van der Waals surface area contributed by atoms with Gasteiger partial charge in [-0.15, -0.1) is 0 Å². The number of hydrogen-bond donors (Lipinski definition) is 1. The predicted octanol–water partition coefficient (Wildman–Crippen LogP) is 2.82. The highest BCUT2D eigenvalue weighted by molar-refractivity contribution is 5.27. The average Bonchev–Trinajstić information content (AvgIpc) is 2.60. The van der Waals surface area contributed by atoms with E-state index >= 15 is 0 Å². The quantitative estimate of drug-likeness (QED) is 0.859. The van der Waals surface area contributed by atoms with Gasteiger partial charge in [-0.1, -0.05) is 24.3 Å². The highest BCUT2D eigenvalue weighted by Gasteiger charge is 2.13. The van der Waals surface area contributed by atoms with Crippen molar-refractivity contribution in [2.75, 3.05) is 20.1 Å². The maximum absolute atomic E-state index is 3.31. The van der Waals surface area contributed by atoms with Gasteiger partial charge in [0.25, 0.3) is 0 Å². The molecule has 2 nitrogen and oxygen atoms in total. The second kappa shape index (κ2) is 6.91. The molecule has 1 aromatic rings. The topological polar surface area (TPSA) is 15.3 Å². The van der Waals surface area contributed by atoms with Crippen LogP contribution in [0.3, 0.4) is 0 Å². The van der Waals surface area contributed by atoms with Gasteiger partial charge in [-0.3, -0.25) is 4.90 Å². The van der Waals surface area contributed by atoms with Crippen LogP contribution in [-0.4, -0.2) is 31.1 Å². The molecular weight excluding hydrogens is 220 g/mol. The monoisotopic (exact) mass is 246 g/mol. The van der Waals surface area contributed by atoms with Gasteiger partial charge in [0.05, 0.1) is 0 Å². The molecule has 0 saturated carbocycles. The lowest BCUT2D eigenvalue weighted by molar-refractivity contribution is 0.260. The van der Waals surface area contributed by atoms with Crippen LogP contribution in [0.1, 0.15) is 37.3 Å². The number of nitrogens with one attached hydrogen (secondary N) is 1. The van der Waals surface area contributed by atoms with Crippen LogP contribution < -0.4 is 5.32 Å². The van der Waals surface area contributed by atoms with Gasteiger partial charge in [-0.2, -0.15) is 0 Å². The summed E-state index contributed by atoms with van der Waals surface area (Å²) in [4.78, 5) is 2.62. The summed E-state index contributed by atoms with van der Waals surface area (Å²) in [6.45, 7) is 5.89. The second-order valence-electron chi connectivity index (χ2n) is 5.48. The van der Waals surface area contributed by atoms with Gasteiger partial charge in [0.1, 0.15) is 0 Å². The van der Waals surface area contributed by atoms with Gasteiger partial charge in [0.15, 0.2) is 0 Å². The Hall–Kier alpha value is -0.860. The summed E-state index contributed by atoms with van der Waals surface area (Å²) < 4.78 is 0. The van der Waals surface area contributed by atoms with Gasteiger partial charge in [-0.05, 0) is 63.9 Å². The minimum atomic E-state index is 0.643. The Morgan fingerprint density at radius 1 is 1.28 bits per heavy atom. The molecule has 1 atom stereocenters. The Morgan fingerprint density at radius 3 is 2.83 bits per heavy atom. The molecule has 0 bridgehead atoms. The van der Waals surface area contributed by atoms with E-state index in [9.17, 15) is 0 Å². The van der Waals surface area contributed by atoms with Gasteiger partial charge in [0.2, 0.25) is 0 Å². The fraction of sp³-hybridized carbons (Fsp3) is 0.625. The Balaban J connectivity index is 1.84. The van der Waals surface area contributed by atoms with Crippen LogP contribution in [0.15, 0.2) is 24.3 Å². The third-order valence-corrected chi connectivity index (χ3v) is 4.04. The van der Waals surface area contributed by atoms with Crippen molar-refractivity contribution in [3.05, 3.63) is 35.4 Å². The first-order valence-electron chi connectivity index (χ1n) is 7.26. The molecule has 2 heteroatoms. The summed E-state index contributed by atoms with van der Waals surface area (Å²) in [5.74, 6) is 0. The van der Waals surface area contributed by atoms with E-state index in [0.717, 1.165) is 6.54 Å². The normalized spacial score (nSPS) is 18.1. The van der Waals surface area contributed by atoms with Crippen molar-refractivity contribution >= 4 is 0 Å². The molecule has 0 aromatic heterocycles. The zero-order valence-electron chi connectivity index (χ0n) is 11.8. The van der Waals surface area contributed by atoms with Gasteiger partial charge >= 0.3 is 0 Å². The van der Waals surface area contributed by atoms with E-state index in [1.807, 2.05) is 7.05 Å². The number of benzene rings is 1. The summed E-state index contributed by atoms with van der Waals surface area (Å²) >= 11 is 0. The zero-order valence-corrected chi connectivity index (χ0v) is 11.8. The second-order valence-corrected chi connectivity index (χ2v) is 5.48. The largest absolute Gasteiger partial charge is 0.317 e. The molecule has 2 rings (SSSR count). The van der Waals surface area contributed by atoms with Crippen molar-refractivity contribution < 1.29 is 0 Å². The van der Waals surface area contributed by atoms with Crippen LogP contribution in [0.4, 0.5) is 0 Å². The van der Waals surface area contributed by atoms with Crippen LogP contribution in [0.2, 0.25) is 0 Å². The molecule has 0 radical (unpaired) electrons. The summed E-state index contributed by atoms with van der Waals surface area (Å²) in [6, 6.07) is 9.57. The van der Waals surface area contributed by atoms with Gasteiger partial charge in [-0.25, -0.2) is 0 Å². The summed E-state index contributed by atoms with van der Waals surface area (Å²) in [5, 5.41) is 3.31. The molecule has 100 valence electrons. The lowest BCUT2D eigenvalue weighted by Crippen LogP contribution is -2.27. The van der Waals surface area contributed by atoms with Gasteiger partial charge < -0.3 is 5.32 Å². The molecule has 1 N–H and O–H groups in total. The maximum atomic E-state index is 3.31. The summed E-state index contributed by atoms with van der Waals surface area (Å²) in [5.41, 5.74) is 3.10. The minimum absolute atomic E-state index is 0.643.